The summed E-state index contributed by atoms with van der Waals surface area (Å²) in [7, 11) is 0. The van der Waals surface area contributed by atoms with E-state index in [0.29, 0.717) is 0 Å². The summed E-state index contributed by atoms with van der Waals surface area (Å²) in [5.74, 6) is -2.62. The third kappa shape index (κ3) is 3.74. The van der Waals surface area contributed by atoms with Gasteiger partial charge in [-0.3, -0.25) is 0 Å². The van der Waals surface area contributed by atoms with E-state index in [2.05, 4.69) is 14.5 Å². The van der Waals surface area contributed by atoms with Crippen molar-refractivity contribution in [3.8, 4) is 11.9 Å². The third-order valence-corrected chi connectivity index (χ3v) is 1.85. The first-order valence-corrected chi connectivity index (χ1v) is 4.92. The predicted molar refractivity (Wildman–Crippen MR) is 56.0 cm³/mol. The molecular formula is C10H8F3N3O3. The maximum Gasteiger partial charge on any atom is 0.574 e. The van der Waals surface area contributed by atoms with Crippen LogP contribution in [0.5, 0.6) is 5.88 Å². The van der Waals surface area contributed by atoms with Crippen LogP contribution in [0.4, 0.5) is 19.0 Å². The number of esters is 1. The number of nitrogens with zero attached hydrogens (tertiary/aromatic N) is 2. The molecule has 1 aromatic rings. The summed E-state index contributed by atoms with van der Waals surface area (Å²) in [6.45, 7) is 1.41. The number of alkyl halides is 3. The smallest absolute Gasteiger partial charge is 0.462 e. The summed E-state index contributed by atoms with van der Waals surface area (Å²) in [4.78, 5) is 14.7. The van der Waals surface area contributed by atoms with E-state index in [1.54, 1.807) is 6.07 Å². The molecule has 0 spiro atoms. The summed E-state index contributed by atoms with van der Waals surface area (Å²) in [6.07, 6.45) is -5.05. The second-order valence-electron chi connectivity index (χ2n) is 3.15. The first-order valence-electron chi connectivity index (χ1n) is 4.92. The molecule has 0 amide bonds. The lowest BCUT2D eigenvalue weighted by Crippen LogP contribution is -2.21. The van der Waals surface area contributed by atoms with Crippen molar-refractivity contribution in [2.45, 2.75) is 13.3 Å². The topological polar surface area (TPSA) is 98.2 Å². The molecule has 0 aliphatic carbocycles. The molecule has 0 bridgehead atoms. The monoisotopic (exact) mass is 275 g/mol. The Hall–Kier alpha value is -2.50. The second-order valence-corrected chi connectivity index (χ2v) is 3.15. The number of pyridine rings is 1. The molecule has 2 N–H and O–H groups in total. The molecule has 0 unspecified atom stereocenters. The van der Waals surface area contributed by atoms with Gasteiger partial charge in [0.15, 0.2) is 0 Å². The summed E-state index contributed by atoms with van der Waals surface area (Å²) in [5.41, 5.74) is 4.39. The van der Waals surface area contributed by atoms with Crippen LogP contribution in [0, 0.1) is 11.3 Å². The Balaban J connectivity index is 3.31. The van der Waals surface area contributed by atoms with E-state index in [1.165, 1.54) is 6.92 Å². The number of nitrogens with two attached hydrogens (primary N) is 1. The molecule has 0 aliphatic heterocycles. The van der Waals surface area contributed by atoms with Crippen molar-refractivity contribution in [3.63, 3.8) is 0 Å². The van der Waals surface area contributed by atoms with Gasteiger partial charge in [-0.15, -0.1) is 13.2 Å². The molecule has 0 saturated heterocycles. The van der Waals surface area contributed by atoms with Crippen molar-refractivity contribution in [2.24, 2.45) is 0 Å². The lowest BCUT2D eigenvalue weighted by Gasteiger charge is -2.12. The number of nitriles is 1. The standard InChI is InChI=1S/C10H8F3N3O3/c1-2-18-9(17)6-3-5(4-14)7(15)16-8(6)19-10(11,12)13/h3H,2H2,1H3,(H2,15,16). The van der Waals surface area contributed by atoms with E-state index < -0.39 is 29.6 Å². The summed E-state index contributed by atoms with van der Waals surface area (Å²) in [5, 5.41) is 8.69. The van der Waals surface area contributed by atoms with Gasteiger partial charge in [0.05, 0.1) is 12.2 Å². The van der Waals surface area contributed by atoms with Crippen molar-refractivity contribution in [3.05, 3.63) is 17.2 Å². The zero-order valence-electron chi connectivity index (χ0n) is 9.61. The van der Waals surface area contributed by atoms with E-state index in [9.17, 15) is 18.0 Å². The number of halogens is 3. The average Bonchev–Trinajstić information content (AvgIpc) is 2.27. The molecule has 0 aromatic carbocycles. The fourth-order valence-corrected chi connectivity index (χ4v) is 1.14. The Labute approximate surface area is 105 Å². The van der Waals surface area contributed by atoms with Gasteiger partial charge in [-0.05, 0) is 13.0 Å². The third-order valence-electron chi connectivity index (χ3n) is 1.85. The number of carbonyl (C=O) groups is 1. The van der Waals surface area contributed by atoms with Gasteiger partial charge in [0.2, 0.25) is 5.88 Å². The Morgan fingerprint density at radius 1 is 1.58 bits per heavy atom. The quantitative estimate of drug-likeness (QED) is 0.841. The molecule has 1 rings (SSSR count). The fourth-order valence-electron chi connectivity index (χ4n) is 1.14. The molecule has 0 fully saturated rings. The molecule has 1 aromatic heterocycles. The van der Waals surface area contributed by atoms with Crippen LogP contribution < -0.4 is 10.5 Å². The van der Waals surface area contributed by atoms with E-state index >= 15 is 0 Å². The summed E-state index contributed by atoms with van der Waals surface area (Å²) >= 11 is 0. The van der Waals surface area contributed by atoms with Crippen molar-refractivity contribution < 1.29 is 27.4 Å². The maximum absolute atomic E-state index is 12.2. The molecule has 102 valence electrons. The van der Waals surface area contributed by atoms with Crippen molar-refractivity contribution >= 4 is 11.8 Å². The molecule has 6 nitrogen and oxygen atoms in total. The Kier molecular flexibility index (Phi) is 4.16. The number of ether oxygens (including phenoxy) is 2. The minimum absolute atomic E-state index is 0.0590. The van der Waals surface area contributed by atoms with Crippen molar-refractivity contribution in [1.29, 1.82) is 5.26 Å². The van der Waals surface area contributed by atoms with Crippen LogP contribution in [-0.4, -0.2) is 23.9 Å². The largest absolute Gasteiger partial charge is 0.574 e. The minimum Gasteiger partial charge on any atom is -0.462 e. The van der Waals surface area contributed by atoms with Gasteiger partial charge < -0.3 is 15.2 Å². The molecular weight excluding hydrogens is 267 g/mol. The fraction of sp³-hybridized carbons (Fsp3) is 0.300. The molecule has 0 saturated carbocycles. The van der Waals surface area contributed by atoms with E-state index in [1.807, 2.05) is 0 Å². The number of carbonyl (C=O) groups excluding carboxylic acids is 1. The molecule has 9 heteroatoms. The highest BCUT2D eigenvalue weighted by molar-refractivity contribution is 5.92. The zero-order valence-corrected chi connectivity index (χ0v) is 9.61. The number of anilines is 1. The average molecular weight is 275 g/mol. The SMILES string of the molecule is CCOC(=O)c1cc(C#N)c(N)nc1OC(F)(F)F. The molecule has 0 aliphatic rings. The number of nitrogen functional groups attached to an aromatic ring is 1. The first kappa shape index (κ1) is 14.6. The second kappa shape index (κ2) is 5.43. The number of hydrogen-bond acceptors (Lipinski definition) is 6. The normalized spacial score (nSPS) is 10.7. The highest BCUT2D eigenvalue weighted by Gasteiger charge is 2.34. The highest BCUT2D eigenvalue weighted by Crippen LogP contribution is 2.27. The minimum atomic E-state index is -5.05. The summed E-state index contributed by atoms with van der Waals surface area (Å²) in [6, 6.07) is 2.43. The molecule has 0 atom stereocenters. The Morgan fingerprint density at radius 3 is 2.68 bits per heavy atom. The first-order chi connectivity index (χ1) is 8.78. The van der Waals surface area contributed by atoms with Crippen LogP contribution >= 0.6 is 0 Å². The van der Waals surface area contributed by atoms with Crippen molar-refractivity contribution in [1.82, 2.24) is 4.98 Å². The van der Waals surface area contributed by atoms with Crippen LogP contribution in [0.15, 0.2) is 6.07 Å². The van der Waals surface area contributed by atoms with Crippen LogP contribution in [0.3, 0.4) is 0 Å². The van der Waals surface area contributed by atoms with E-state index in [0.717, 1.165) is 6.07 Å². The van der Waals surface area contributed by atoms with Crippen LogP contribution in [0.2, 0.25) is 0 Å². The zero-order chi connectivity index (χ0) is 14.6. The summed E-state index contributed by atoms with van der Waals surface area (Å²) < 4.78 is 44.6. The number of rotatable bonds is 3. The van der Waals surface area contributed by atoms with Gasteiger partial charge in [0.1, 0.15) is 17.5 Å². The predicted octanol–water partition coefficient (Wildman–Crippen LogP) is 1.61. The van der Waals surface area contributed by atoms with E-state index in [4.69, 9.17) is 11.0 Å². The van der Waals surface area contributed by atoms with Gasteiger partial charge in [-0.1, -0.05) is 0 Å². The van der Waals surface area contributed by atoms with Crippen LogP contribution in [0.1, 0.15) is 22.8 Å². The van der Waals surface area contributed by atoms with Gasteiger partial charge >= 0.3 is 12.3 Å². The van der Waals surface area contributed by atoms with Gasteiger partial charge in [-0.2, -0.15) is 10.2 Å². The molecule has 19 heavy (non-hydrogen) atoms. The van der Waals surface area contributed by atoms with E-state index in [-0.39, 0.29) is 12.2 Å². The van der Waals surface area contributed by atoms with Gasteiger partial charge in [0, 0.05) is 0 Å². The molecule has 1 heterocycles. The Bertz CT molecular complexity index is 537. The van der Waals surface area contributed by atoms with Crippen LogP contribution in [0.25, 0.3) is 0 Å². The number of aromatic nitrogens is 1. The molecule has 0 radical (unpaired) electrons. The van der Waals surface area contributed by atoms with Gasteiger partial charge in [0.25, 0.3) is 0 Å². The van der Waals surface area contributed by atoms with Crippen molar-refractivity contribution in [2.75, 3.05) is 12.3 Å². The number of hydrogen-bond donors (Lipinski definition) is 1. The lowest BCUT2D eigenvalue weighted by atomic mass is 10.2. The highest BCUT2D eigenvalue weighted by atomic mass is 19.4. The maximum atomic E-state index is 12.2. The van der Waals surface area contributed by atoms with Crippen LogP contribution in [-0.2, 0) is 4.74 Å². The van der Waals surface area contributed by atoms with Gasteiger partial charge in [-0.25, -0.2) is 4.79 Å². The Morgan fingerprint density at radius 2 is 2.21 bits per heavy atom. The lowest BCUT2D eigenvalue weighted by molar-refractivity contribution is -0.276.